The van der Waals surface area contributed by atoms with E-state index in [1.54, 1.807) is 0 Å². The second-order valence-corrected chi connectivity index (χ2v) is 6.06. The van der Waals surface area contributed by atoms with Crippen molar-refractivity contribution in [3.05, 3.63) is 84.5 Å². The molecule has 0 aliphatic heterocycles. The number of non-ortho nitro benzene ring substituents is 1. The van der Waals surface area contributed by atoms with Crippen LogP contribution in [0.4, 0.5) is 5.69 Å². The number of fused-ring (bicyclic) bond motifs is 3. The molecule has 2 heterocycles. The zero-order chi connectivity index (χ0) is 19.1. The van der Waals surface area contributed by atoms with Crippen molar-refractivity contribution in [3.8, 4) is 0 Å². The van der Waals surface area contributed by atoms with Crippen LogP contribution in [0.25, 0.3) is 21.9 Å². The van der Waals surface area contributed by atoms with Gasteiger partial charge in [-0.05, 0) is 36.8 Å². The van der Waals surface area contributed by atoms with Gasteiger partial charge < -0.3 is 9.97 Å². The van der Waals surface area contributed by atoms with Crippen molar-refractivity contribution < 1.29 is 4.92 Å². The predicted molar refractivity (Wildman–Crippen MR) is 102 cm³/mol. The van der Waals surface area contributed by atoms with Crippen LogP contribution in [-0.2, 0) is 0 Å². The van der Waals surface area contributed by atoms with Gasteiger partial charge in [0, 0.05) is 23.0 Å². The molecule has 0 saturated carbocycles. The van der Waals surface area contributed by atoms with Gasteiger partial charge in [0.25, 0.3) is 5.69 Å². The van der Waals surface area contributed by atoms with Gasteiger partial charge >= 0.3 is 11.2 Å². The number of rotatable bonds is 3. The number of nitro groups is 1. The summed E-state index contributed by atoms with van der Waals surface area (Å²) in [6, 6.07) is 11.2. The summed E-state index contributed by atoms with van der Waals surface area (Å²) in [6.07, 6.45) is 1.29. The van der Waals surface area contributed by atoms with E-state index >= 15 is 0 Å². The standard InChI is InChI=1S/C18H13N5O4/c1-10-2-7-14-13(8-10)15-16(20-14)17(24)22(18(25)21-15)19-9-11-3-5-12(6-4-11)23(26)27/h2-9,20H,1H3,(H,21,25)/b19-9+. The number of aromatic amines is 2. The van der Waals surface area contributed by atoms with E-state index in [0.29, 0.717) is 15.8 Å². The minimum atomic E-state index is -0.673. The molecule has 2 N–H and O–H groups in total. The number of nitro benzene ring substituents is 1. The van der Waals surface area contributed by atoms with Crippen LogP contribution < -0.4 is 11.2 Å². The highest BCUT2D eigenvalue weighted by Gasteiger charge is 2.12. The van der Waals surface area contributed by atoms with Crippen LogP contribution in [0.15, 0.2) is 57.2 Å². The first-order valence-electron chi connectivity index (χ1n) is 8.00. The molecular weight excluding hydrogens is 350 g/mol. The summed E-state index contributed by atoms with van der Waals surface area (Å²) in [5.41, 5.74) is 1.62. The lowest BCUT2D eigenvalue weighted by Crippen LogP contribution is -2.32. The lowest BCUT2D eigenvalue weighted by atomic mass is 10.2. The molecule has 0 atom stereocenters. The minimum absolute atomic E-state index is 0.0584. The van der Waals surface area contributed by atoms with Crippen molar-refractivity contribution in [2.24, 2.45) is 5.10 Å². The minimum Gasteiger partial charge on any atom is -0.349 e. The van der Waals surface area contributed by atoms with Gasteiger partial charge in [0.05, 0.1) is 16.7 Å². The Morgan fingerprint density at radius 3 is 2.52 bits per heavy atom. The summed E-state index contributed by atoms with van der Waals surface area (Å²) < 4.78 is 0.714. The van der Waals surface area contributed by atoms with E-state index in [2.05, 4.69) is 15.1 Å². The average molecular weight is 363 g/mol. The van der Waals surface area contributed by atoms with Crippen LogP contribution in [-0.4, -0.2) is 25.8 Å². The van der Waals surface area contributed by atoms with Crippen LogP contribution >= 0.6 is 0 Å². The highest BCUT2D eigenvalue weighted by Crippen LogP contribution is 2.21. The molecule has 0 fully saturated rings. The number of benzene rings is 2. The topological polar surface area (TPSA) is 126 Å². The van der Waals surface area contributed by atoms with E-state index in [-0.39, 0.29) is 11.2 Å². The van der Waals surface area contributed by atoms with Gasteiger partial charge in [0.15, 0.2) is 0 Å². The van der Waals surface area contributed by atoms with E-state index in [1.807, 2.05) is 25.1 Å². The van der Waals surface area contributed by atoms with Crippen LogP contribution in [0.3, 0.4) is 0 Å². The Morgan fingerprint density at radius 2 is 1.81 bits per heavy atom. The molecule has 27 heavy (non-hydrogen) atoms. The third-order valence-corrected chi connectivity index (χ3v) is 4.21. The predicted octanol–water partition coefficient (Wildman–Crippen LogP) is 2.27. The zero-order valence-corrected chi connectivity index (χ0v) is 14.1. The smallest absolute Gasteiger partial charge is 0.349 e. The van der Waals surface area contributed by atoms with E-state index in [4.69, 9.17) is 0 Å². The third-order valence-electron chi connectivity index (χ3n) is 4.21. The average Bonchev–Trinajstić information content (AvgIpc) is 3.00. The fourth-order valence-electron chi connectivity index (χ4n) is 2.87. The molecule has 9 nitrogen and oxygen atoms in total. The molecule has 0 saturated heterocycles. The maximum atomic E-state index is 12.7. The Hall–Kier alpha value is -4.01. The summed E-state index contributed by atoms with van der Waals surface area (Å²) in [5.74, 6) is 0. The number of aryl methyl sites for hydroxylation is 1. The summed E-state index contributed by atoms with van der Waals surface area (Å²) in [4.78, 5) is 40.9. The Morgan fingerprint density at radius 1 is 1.07 bits per heavy atom. The quantitative estimate of drug-likeness (QED) is 0.329. The molecule has 4 rings (SSSR count). The summed E-state index contributed by atoms with van der Waals surface area (Å²) in [5, 5.41) is 15.4. The zero-order valence-electron chi connectivity index (χ0n) is 14.1. The fraction of sp³-hybridized carbons (Fsp3) is 0.0556. The molecule has 2 aromatic carbocycles. The second-order valence-electron chi connectivity index (χ2n) is 6.06. The Bertz CT molecular complexity index is 1340. The number of nitrogens with one attached hydrogen (secondary N) is 2. The number of hydrogen-bond acceptors (Lipinski definition) is 5. The van der Waals surface area contributed by atoms with Crippen LogP contribution in [0.5, 0.6) is 0 Å². The highest BCUT2D eigenvalue weighted by molar-refractivity contribution is 6.04. The Kier molecular flexibility index (Phi) is 3.69. The summed E-state index contributed by atoms with van der Waals surface area (Å²) in [6.45, 7) is 1.92. The molecular formula is C18H13N5O4. The van der Waals surface area contributed by atoms with Crippen molar-refractivity contribution in [1.29, 1.82) is 0 Å². The van der Waals surface area contributed by atoms with Gasteiger partial charge in [-0.25, -0.2) is 4.79 Å². The normalized spacial score (nSPS) is 11.6. The molecule has 0 aliphatic rings. The Labute approximate surface area is 150 Å². The molecule has 2 aromatic heterocycles. The van der Waals surface area contributed by atoms with Crippen molar-refractivity contribution in [3.63, 3.8) is 0 Å². The van der Waals surface area contributed by atoms with Gasteiger partial charge in [0.1, 0.15) is 5.52 Å². The lowest BCUT2D eigenvalue weighted by molar-refractivity contribution is -0.384. The first kappa shape index (κ1) is 16.5. The van der Waals surface area contributed by atoms with Gasteiger partial charge in [-0.15, -0.1) is 4.68 Å². The fourth-order valence-corrected chi connectivity index (χ4v) is 2.87. The van der Waals surface area contributed by atoms with Crippen molar-refractivity contribution in [1.82, 2.24) is 14.6 Å². The van der Waals surface area contributed by atoms with Crippen LogP contribution in [0.2, 0.25) is 0 Å². The van der Waals surface area contributed by atoms with Crippen molar-refractivity contribution in [2.75, 3.05) is 0 Å². The monoisotopic (exact) mass is 363 g/mol. The van der Waals surface area contributed by atoms with Gasteiger partial charge in [-0.1, -0.05) is 11.6 Å². The number of aromatic nitrogens is 3. The molecule has 0 unspecified atom stereocenters. The van der Waals surface area contributed by atoms with E-state index in [1.165, 1.54) is 30.5 Å². The van der Waals surface area contributed by atoms with E-state index < -0.39 is 16.2 Å². The molecule has 0 amide bonds. The molecule has 4 aromatic rings. The maximum Gasteiger partial charge on any atom is 0.350 e. The SMILES string of the molecule is Cc1ccc2[nH]c3c(=O)n(/N=C/c4ccc([N+](=O)[O-])cc4)c(=O)[nH]c3c2c1. The molecule has 0 spiro atoms. The van der Waals surface area contributed by atoms with Crippen molar-refractivity contribution in [2.45, 2.75) is 6.92 Å². The molecule has 9 heteroatoms. The number of hydrogen-bond donors (Lipinski definition) is 2. The van der Waals surface area contributed by atoms with E-state index in [0.717, 1.165) is 16.5 Å². The maximum absolute atomic E-state index is 12.7. The summed E-state index contributed by atoms with van der Waals surface area (Å²) in [7, 11) is 0. The van der Waals surface area contributed by atoms with Crippen LogP contribution in [0.1, 0.15) is 11.1 Å². The summed E-state index contributed by atoms with van der Waals surface area (Å²) >= 11 is 0. The van der Waals surface area contributed by atoms with Crippen LogP contribution in [0, 0.1) is 17.0 Å². The molecule has 0 bridgehead atoms. The number of nitrogens with zero attached hydrogens (tertiary/aromatic N) is 3. The first-order valence-corrected chi connectivity index (χ1v) is 8.00. The third kappa shape index (κ3) is 2.80. The molecule has 134 valence electrons. The lowest BCUT2D eigenvalue weighted by Gasteiger charge is -1.98. The largest absolute Gasteiger partial charge is 0.350 e. The molecule has 0 radical (unpaired) electrons. The van der Waals surface area contributed by atoms with Crippen molar-refractivity contribution >= 4 is 33.8 Å². The Balaban J connectivity index is 1.82. The number of H-pyrrole nitrogens is 2. The highest BCUT2D eigenvalue weighted by atomic mass is 16.6. The second kappa shape index (κ2) is 6.06. The van der Waals surface area contributed by atoms with Gasteiger partial charge in [0.2, 0.25) is 0 Å². The van der Waals surface area contributed by atoms with E-state index in [9.17, 15) is 19.7 Å². The van der Waals surface area contributed by atoms with Gasteiger partial charge in [-0.3, -0.25) is 14.9 Å². The molecule has 0 aliphatic carbocycles. The first-order chi connectivity index (χ1) is 12.9. The van der Waals surface area contributed by atoms with Gasteiger partial charge in [-0.2, -0.15) is 5.10 Å².